The van der Waals surface area contributed by atoms with E-state index in [-0.39, 0.29) is 12.6 Å². The fraction of sp³-hybridized carbons (Fsp3) is 0.400. The van der Waals surface area contributed by atoms with Crippen LogP contribution < -0.4 is 4.90 Å². The van der Waals surface area contributed by atoms with Gasteiger partial charge in [-0.2, -0.15) is 13.2 Å². The van der Waals surface area contributed by atoms with E-state index in [2.05, 4.69) is 0 Å². The van der Waals surface area contributed by atoms with Crippen LogP contribution in [0.4, 0.5) is 23.7 Å². The summed E-state index contributed by atoms with van der Waals surface area (Å²) in [6, 6.07) is 3.18. The molecule has 1 amide bonds. The van der Waals surface area contributed by atoms with Crippen LogP contribution in [0.25, 0.3) is 3.58 Å². The molecule has 7 heteroatoms. The zero-order chi connectivity index (χ0) is 16.5. The third kappa shape index (κ3) is 3.23. The van der Waals surface area contributed by atoms with E-state index < -0.39 is 17.8 Å². The van der Waals surface area contributed by atoms with Crippen LogP contribution in [0.1, 0.15) is 31.4 Å². The number of alkyl halides is 3. The lowest BCUT2D eigenvalue weighted by Gasteiger charge is -2.34. The molecular weight excluding hydrogens is 410 g/mol. The van der Waals surface area contributed by atoms with Gasteiger partial charge in [-0.15, -0.1) is 0 Å². The standard InChI is InChI=1S/C15H15F3INO2/c1-3-10-8-12(19)11-7-9(15(16,17)18)5-6-13(11)20(10)14(21)22-4-2/h5-8,10H,3-4H2,1-2H3. The number of anilines is 1. The average Bonchev–Trinajstić information content (AvgIpc) is 2.45. The third-order valence-electron chi connectivity index (χ3n) is 3.39. The molecule has 0 spiro atoms. The lowest BCUT2D eigenvalue weighted by Crippen LogP contribution is -2.41. The summed E-state index contributed by atoms with van der Waals surface area (Å²) in [5, 5.41) is 0. The molecule has 1 unspecified atom stereocenters. The summed E-state index contributed by atoms with van der Waals surface area (Å²) in [6.45, 7) is 3.81. The van der Waals surface area contributed by atoms with E-state index >= 15 is 0 Å². The number of halogens is 4. The number of benzene rings is 1. The van der Waals surface area contributed by atoms with E-state index in [0.29, 0.717) is 21.3 Å². The Morgan fingerprint density at radius 1 is 1.36 bits per heavy atom. The molecule has 0 saturated heterocycles. The van der Waals surface area contributed by atoms with Crippen LogP contribution in [0, 0.1) is 0 Å². The van der Waals surface area contributed by atoms with Gasteiger partial charge in [0, 0.05) is 9.14 Å². The quantitative estimate of drug-likeness (QED) is 0.607. The molecule has 120 valence electrons. The number of amides is 1. The first-order valence-corrected chi connectivity index (χ1v) is 7.92. The number of rotatable bonds is 2. The Balaban J connectivity index is 2.54. The Morgan fingerprint density at radius 3 is 2.59 bits per heavy atom. The number of carbonyl (C=O) groups excluding carboxylic acids is 1. The van der Waals surface area contributed by atoms with Crippen LogP contribution >= 0.6 is 22.6 Å². The molecule has 1 atom stereocenters. The molecule has 0 radical (unpaired) electrons. The molecule has 0 aliphatic carbocycles. The molecule has 0 N–H and O–H groups in total. The van der Waals surface area contributed by atoms with Gasteiger partial charge in [-0.3, -0.25) is 4.90 Å². The highest BCUT2D eigenvalue weighted by molar-refractivity contribution is 14.1. The van der Waals surface area contributed by atoms with Crippen LogP contribution in [0.15, 0.2) is 24.3 Å². The number of fused-ring (bicyclic) bond motifs is 1. The van der Waals surface area contributed by atoms with Crippen molar-refractivity contribution >= 4 is 38.0 Å². The van der Waals surface area contributed by atoms with Gasteiger partial charge >= 0.3 is 12.3 Å². The molecule has 0 saturated carbocycles. The van der Waals surface area contributed by atoms with Crippen molar-refractivity contribution in [1.82, 2.24) is 0 Å². The molecule has 3 nitrogen and oxygen atoms in total. The van der Waals surface area contributed by atoms with Crippen molar-refractivity contribution in [2.24, 2.45) is 0 Å². The van der Waals surface area contributed by atoms with Crippen molar-refractivity contribution in [1.29, 1.82) is 0 Å². The summed E-state index contributed by atoms with van der Waals surface area (Å²) < 4.78 is 44.4. The molecule has 1 heterocycles. The van der Waals surface area contributed by atoms with Crippen molar-refractivity contribution in [3.8, 4) is 0 Å². The monoisotopic (exact) mass is 425 g/mol. The van der Waals surface area contributed by atoms with Crippen LogP contribution in [-0.2, 0) is 10.9 Å². The second kappa shape index (κ2) is 6.47. The van der Waals surface area contributed by atoms with E-state index in [1.54, 1.807) is 13.0 Å². The van der Waals surface area contributed by atoms with Crippen molar-refractivity contribution in [3.63, 3.8) is 0 Å². The molecule has 0 bridgehead atoms. The Hall–Kier alpha value is -1.25. The van der Waals surface area contributed by atoms with E-state index in [4.69, 9.17) is 4.74 Å². The topological polar surface area (TPSA) is 29.5 Å². The minimum atomic E-state index is -4.41. The highest BCUT2D eigenvalue weighted by Gasteiger charge is 2.35. The number of nitrogens with zero attached hydrogens (tertiary/aromatic N) is 1. The zero-order valence-corrected chi connectivity index (χ0v) is 14.2. The normalized spacial score (nSPS) is 17.8. The van der Waals surface area contributed by atoms with E-state index in [9.17, 15) is 18.0 Å². The van der Waals surface area contributed by atoms with E-state index in [1.807, 2.05) is 29.5 Å². The molecule has 1 aromatic rings. The Bertz CT molecular complexity index is 613. The summed E-state index contributed by atoms with van der Waals surface area (Å²) in [6.07, 6.45) is -2.52. The lowest BCUT2D eigenvalue weighted by atomic mass is 9.99. The molecule has 0 fully saturated rings. The second-order valence-electron chi connectivity index (χ2n) is 4.79. The van der Waals surface area contributed by atoms with Crippen LogP contribution in [0.2, 0.25) is 0 Å². The first kappa shape index (κ1) is 17.1. The van der Waals surface area contributed by atoms with Crippen molar-refractivity contribution < 1.29 is 22.7 Å². The van der Waals surface area contributed by atoms with Crippen molar-refractivity contribution in [2.45, 2.75) is 32.5 Å². The zero-order valence-electron chi connectivity index (χ0n) is 12.1. The number of hydrogen-bond donors (Lipinski definition) is 0. The Morgan fingerprint density at radius 2 is 2.05 bits per heavy atom. The summed E-state index contributed by atoms with van der Waals surface area (Å²) in [4.78, 5) is 13.6. The van der Waals surface area contributed by atoms with Crippen LogP contribution in [-0.4, -0.2) is 18.7 Å². The summed E-state index contributed by atoms with van der Waals surface area (Å²) >= 11 is 2.00. The van der Waals surface area contributed by atoms with Gasteiger partial charge in [0.05, 0.1) is 23.9 Å². The SMILES string of the molecule is CCOC(=O)N1c2ccc(C(F)(F)F)cc2C(I)=CC1CC. The molecule has 0 aromatic heterocycles. The Kier molecular flexibility index (Phi) is 5.03. The summed E-state index contributed by atoms with van der Waals surface area (Å²) in [5.74, 6) is 0. The number of hydrogen-bond acceptors (Lipinski definition) is 2. The fourth-order valence-corrected chi connectivity index (χ4v) is 3.20. The van der Waals surface area contributed by atoms with Crippen molar-refractivity contribution in [2.75, 3.05) is 11.5 Å². The molecule has 1 aliphatic rings. The molecule has 22 heavy (non-hydrogen) atoms. The van der Waals surface area contributed by atoms with Gasteiger partial charge in [0.25, 0.3) is 0 Å². The maximum Gasteiger partial charge on any atom is 0.416 e. The van der Waals surface area contributed by atoms with Gasteiger partial charge < -0.3 is 4.74 Å². The van der Waals surface area contributed by atoms with Gasteiger partial charge in [-0.05, 0) is 60.2 Å². The first-order chi connectivity index (χ1) is 10.3. The predicted molar refractivity (Wildman–Crippen MR) is 87.0 cm³/mol. The molecule has 2 rings (SSSR count). The van der Waals surface area contributed by atoms with Gasteiger partial charge in [0.15, 0.2) is 0 Å². The highest BCUT2D eigenvalue weighted by atomic mass is 127. The molecule has 1 aromatic carbocycles. The number of ether oxygens (including phenoxy) is 1. The van der Waals surface area contributed by atoms with Gasteiger partial charge in [0.2, 0.25) is 0 Å². The average molecular weight is 425 g/mol. The minimum Gasteiger partial charge on any atom is -0.449 e. The van der Waals surface area contributed by atoms with E-state index in [1.165, 1.54) is 11.0 Å². The second-order valence-corrected chi connectivity index (χ2v) is 5.95. The van der Waals surface area contributed by atoms with Gasteiger partial charge in [-0.1, -0.05) is 6.92 Å². The van der Waals surface area contributed by atoms with Crippen molar-refractivity contribution in [3.05, 3.63) is 35.4 Å². The molecular formula is C15H15F3INO2. The summed E-state index contributed by atoms with van der Waals surface area (Å²) in [5.41, 5.74) is 0.117. The smallest absolute Gasteiger partial charge is 0.416 e. The van der Waals surface area contributed by atoms with Gasteiger partial charge in [0.1, 0.15) is 0 Å². The highest BCUT2D eigenvalue weighted by Crippen LogP contribution is 2.42. The van der Waals surface area contributed by atoms with E-state index in [0.717, 1.165) is 12.1 Å². The lowest BCUT2D eigenvalue weighted by molar-refractivity contribution is -0.137. The predicted octanol–water partition coefficient (Wildman–Crippen LogP) is 5.24. The fourth-order valence-electron chi connectivity index (χ4n) is 2.35. The largest absolute Gasteiger partial charge is 0.449 e. The molecule has 1 aliphatic heterocycles. The maximum absolute atomic E-state index is 12.9. The summed E-state index contributed by atoms with van der Waals surface area (Å²) in [7, 11) is 0. The van der Waals surface area contributed by atoms with Crippen LogP contribution in [0.5, 0.6) is 0 Å². The van der Waals surface area contributed by atoms with Gasteiger partial charge in [-0.25, -0.2) is 4.79 Å². The van der Waals surface area contributed by atoms with Crippen LogP contribution in [0.3, 0.4) is 0 Å². The third-order valence-corrected chi connectivity index (χ3v) is 4.33. The number of carbonyl (C=O) groups is 1. The first-order valence-electron chi connectivity index (χ1n) is 6.84. The minimum absolute atomic E-state index is 0.211. The maximum atomic E-state index is 12.9. The Labute approximate surface area is 140 Å².